The van der Waals surface area contributed by atoms with Crippen LogP contribution >= 0.6 is 11.3 Å². The Morgan fingerprint density at radius 2 is 1.93 bits per heavy atom. The normalized spacial score (nSPS) is 12.3. The van der Waals surface area contributed by atoms with E-state index in [0.717, 1.165) is 43.5 Å². The number of rotatable bonds is 12. The fraction of sp³-hybridized carbons (Fsp3) is 0.522. The molecule has 166 valence electrons. The van der Waals surface area contributed by atoms with E-state index in [1.54, 1.807) is 25.5 Å². The number of hydrogen-bond donors (Lipinski definition) is 2. The van der Waals surface area contributed by atoms with Gasteiger partial charge in [0.25, 0.3) is 0 Å². The Balaban J connectivity index is 1.78. The van der Waals surface area contributed by atoms with E-state index in [9.17, 15) is 0 Å². The number of nitrogens with one attached hydrogen (secondary N) is 2. The van der Waals surface area contributed by atoms with E-state index >= 15 is 0 Å². The number of ether oxygens (including phenoxy) is 2. The molecule has 0 aliphatic heterocycles. The third-order valence-electron chi connectivity index (χ3n) is 4.89. The predicted octanol–water partition coefficient (Wildman–Crippen LogP) is 3.35. The maximum Gasteiger partial charge on any atom is 0.191 e. The van der Waals surface area contributed by atoms with Crippen molar-refractivity contribution >= 4 is 17.3 Å². The number of benzene rings is 1. The molecule has 0 unspecified atom stereocenters. The topological polar surface area (TPSA) is 58.1 Å². The van der Waals surface area contributed by atoms with Crippen LogP contribution in [-0.4, -0.2) is 64.9 Å². The summed E-state index contributed by atoms with van der Waals surface area (Å²) in [6.45, 7) is 9.13. The van der Waals surface area contributed by atoms with Crippen molar-refractivity contribution in [2.24, 2.45) is 4.99 Å². The largest absolute Gasteiger partial charge is 0.492 e. The number of guanidine groups is 1. The van der Waals surface area contributed by atoms with Crippen LogP contribution in [0.2, 0.25) is 0 Å². The molecule has 0 amide bonds. The van der Waals surface area contributed by atoms with Crippen molar-refractivity contribution in [2.45, 2.75) is 25.8 Å². The van der Waals surface area contributed by atoms with E-state index in [2.05, 4.69) is 71.1 Å². The first-order valence-electron chi connectivity index (χ1n) is 10.3. The summed E-state index contributed by atoms with van der Waals surface area (Å²) in [5, 5.41) is 8.96. The fourth-order valence-electron chi connectivity index (χ4n) is 2.89. The Bertz CT molecular complexity index is 762. The molecule has 7 heteroatoms. The van der Waals surface area contributed by atoms with Crippen molar-refractivity contribution in [1.82, 2.24) is 15.5 Å². The number of nitrogens with zero attached hydrogens (tertiary/aromatic N) is 2. The van der Waals surface area contributed by atoms with Crippen LogP contribution in [0.25, 0.3) is 0 Å². The van der Waals surface area contributed by atoms with Crippen LogP contribution in [0.5, 0.6) is 5.75 Å². The lowest BCUT2D eigenvalue weighted by Crippen LogP contribution is -2.42. The van der Waals surface area contributed by atoms with Gasteiger partial charge in [0.2, 0.25) is 0 Å². The molecule has 0 bridgehead atoms. The molecular weight excluding hydrogens is 396 g/mol. The molecule has 0 atom stereocenters. The first-order valence-corrected chi connectivity index (χ1v) is 11.2. The van der Waals surface area contributed by atoms with E-state index in [1.165, 1.54) is 4.88 Å². The molecule has 1 aromatic heterocycles. The average Bonchev–Trinajstić information content (AvgIpc) is 3.29. The maximum absolute atomic E-state index is 5.91. The number of likely N-dealkylation sites (N-methyl/N-ethyl adjacent to an activating group) is 1. The summed E-state index contributed by atoms with van der Waals surface area (Å²) in [7, 11) is 5.59. The van der Waals surface area contributed by atoms with Crippen molar-refractivity contribution < 1.29 is 9.47 Å². The van der Waals surface area contributed by atoms with Gasteiger partial charge in [0.05, 0.1) is 6.61 Å². The first kappa shape index (κ1) is 24.2. The monoisotopic (exact) mass is 432 g/mol. The van der Waals surface area contributed by atoms with Crippen LogP contribution < -0.4 is 15.4 Å². The quantitative estimate of drug-likeness (QED) is 0.398. The zero-order valence-electron chi connectivity index (χ0n) is 18.9. The molecule has 2 N–H and O–H groups in total. The summed E-state index contributed by atoms with van der Waals surface area (Å²) in [4.78, 5) is 7.91. The molecule has 2 aromatic rings. The third kappa shape index (κ3) is 8.34. The summed E-state index contributed by atoms with van der Waals surface area (Å²) in [6, 6.07) is 12.5. The van der Waals surface area contributed by atoms with Crippen LogP contribution in [0, 0.1) is 0 Å². The Kier molecular flexibility index (Phi) is 10.1. The second-order valence-electron chi connectivity index (χ2n) is 7.93. The lowest BCUT2D eigenvalue weighted by molar-refractivity contribution is 0.150. The molecule has 0 fully saturated rings. The van der Waals surface area contributed by atoms with Gasteiger partial charge >= 0.3 is 0 Å². The number of hydrogen-bond acceptors (Lipinski definition) is 5. The van der Waals surface area contributed by atoms with Crippen molar-refractivity contribution in [3.63, 3.8) is 0 Å². The summed E-state index contributed by atoms with van der Waals surface area (Å²) < 4.78 is 11.0. The third-order valence-corrected chi connectivity index (χ3v) is 6.12. The fourth-order valence-corrected chi connectivity index (χ4v) is 3.74. The van der Waals surface area contributed by atoms with E-state index in [1.807, 2.05) is 12.1 Å². The minimum atomic E-state index is 0.0515. The van der Waals surface area contributed by atoms with Crippen LogP contribution in [0.1, 0.15) is 24.3 Å². The molecule has 0 aliphatic carbocycles. The van der Waals surface area contributed by atoms with Crippen molar-refractivity contribution in [3.05, 3.63) is 52.2 Å². The Morgan fingerprint density at radius 3 is 2.63 bits per heavy atom. The Labute approximate surface area is 185 Å². The molecule has 0 saturated heterocycles. The van der Waals surface area contributed by atoms with Gasteiger partial charge in [-0.15, -0.1) is 11.3 Å². The highest BCUT2D eigenvalue weighted by Crippen LogP contribution is 2.26. The van der Waals surface area contributed by atoms with Crippen LogP contribution in [-0.2, 0) is 16.7 Å². The van der Waals surface area contributed by atoms with Crippen LogP contribution in [0.3, 0.4) is 0 Å². The van der Waals surface area contributed by atoms with Gasteiger partial charge in [-0.2, -0.15) is 0 Å². The highest BCUT2D eigenvalue weighted by atomic mass is 32.1. The molecule has 1 heterocycles. The molecule has 2 rings (SSSR count). The molecule has 30 heavy (non-hydrogen) atoms. The van der Waals surface area contributed by atoms with E-state index < -0.39 is 0 Å². The van der Waals surface area contributed by atoms with Gasteiger partial charge in [-0.05, 0) is 36.2 Å². The minimum Gasteiger partial charge on any atom is -0.492 e. The van der Waals surface area contributed by atoms with Crippen LogP contribution in [0.15, 0.2) is 46.8 Å². The van der Waals surface area contributed by atoms with E-state index in [0.29, 0.717) is 13.2 Å². The summed E-state index contributed by atoms with van der Waals surface area (Å²) in [6.07, 6.45) is 0. The standard InChI is InChI=1S/C23H36N4O2S/c1-23(2,21-10-7-15-30-21)18-26-22(24-3)25-17-19-8-6-9-20(16-19)29-14-12-27(4)11-13-28-5/h6-10,15-16H,11-14,17-18H2,1-5H3,(H2,24,25,26). The Morgan fingerprint density at radius 1 is 1.13 bits per heavy atom. The molecule has 0 saturated carbocycles. The predicted molar refractivity (Wildman–Crippen MR) is 127 cm³/mol. The van der Waals surface area contributed by atoms with Gasteiger partial charge in [0.1, 0.15) is 12.4 Å². The summed E-state index contributed by atoms with van der Waals surface area (Å²) in [5.74, 6) is 1.68. The van der Waals surface area contributed by atoms with Crippen molar-refractivity contribution in [1.29, 1.82) is 0 Å². The zero-order valence-corrected chi connectivity index (χ0v) is 19.7. The van der Waals surface area contributed by atoms with Gasteiger partial charge in [-0.25, -0.2) is 0 Å². The van der Waals surface area contributed by atoms with Crippen LogP contribution in [0.4, 0.5) is 0 Å². The molecular formula is C23H36N4O2S. The van der Waals surface area contributed by atoms with E-state index in [-0.39, 0.29) is 5.41 Å². The second-order valence-corrected chi connectivity index (χ2v) is 8.88. The lowest BCUT2D eigenvalue weighted by atomic mass is 9.91. The smallest absolute Gasteiger partial charge is 0.191 e. The Hall–Kier alpha value is -2.09. The molecule has 6 nitrogen and oxygen atoms in total. The van der Waals surface area contributed by atoms with E-state index in [4.69, 9.17) is 9.47 Å². The molecule has 0 radical (unpaired) electrons. The molecule has 0 aliphatic rings. The van der Waals surface area contributed by atoms with Gasteiger partial charge in [-0.1, -0.05) is 32.0 Å². The minimum absolute atomic E-state index is 0.0515. The lowest BCUT2D eigenvalue weighted by Gasteiger charge is -2.25. The van der Waals surface area contributed by atoms with Gasteiger partial charge in [-0.3, -0.25) is 4.99 Å². The summed E-state index contributed by atoms with van der Waals surface area (Å²) >= 11 is 1.79. The van der Waals surface area contributed by atoms with Gasteiger partial charge < -0.3 is 25.0 Å². The molecule has 0 spiro atoms. The first-order chi connectivity index (χ1) is 14.4. The number of aliphatic imine (C=N–C) groups is 1. The van der Waals surface area contributed by atoms with Gasteiger partial charge in [0, 0.05) is 50.6 Å². The highest BCUT2D eigenvalue weighted by Gasteiger charge is 2.21. The second kappa shape index (κ2) is 12.6. The number of thiophene rings is 1. The SMILES string of the molecule is CN=C(NCc1cccc(OCCN(C)CCOC)c1)NCC(C)(C)c1cccs1. The number of methoxy groups -OCH3 is 1. The summed E-state index contributed by atoms with van der Waals surface area (Å²) in [5.41, 5.74) is 1.20. The van der Waals surface area contributed by atoms with Gasteiger partial charge in [0.15, 0.2) is 5.96 Å². The van der Waals surface area contributed by atoms with Crippen molar-refractivity contribution in [2.75, 3.05) is 54.1 Å². The zero-order chi connectivity index (χ0) is 21.8. The van der Waals surface area contributed by atoms with Crippen molar-refractivity contribution in [3.8, 4) is 5.75 Å². The maximum atomic E-state index is 5.91. The average molecular weight is 433 g/mol. The molecule has 1 aromatic carbocycles. The highest BCUT2D eigenvalue weighted by molar-refractivity contribution is 7.10.